The minimum atomic E-state index is -0.539. The highest BCUT2D eigenvalue weighted by Crippen LogP contribution is 2.52. The lowest BCUT2D eigenvalue weighted by Gasteiger charge is -2.28. The molecule has 4 aliphatic rings. The van der Waals surface area contributed by atoms with E-state index in [4.69, 9.17) is 14.7 Å². The minimum Gasteiger partial charge on any atom is -0.454 e. The fourth-order valence-corrected chi connectivity index (χ4v) is 5.62. The van der Waals surface area contributed by atoms with Gasteiger partial charge in [0.2, 0.25) is 18.6 Å². The molecule has 8 nitrogen and oxygen atoms in total. The second-order valence-electron chi connectivity index (χ2n) is 8.66. The molecule has 0 unspecified atom stereocenters. The van der Waals surface area contributed by atoms with E-state index in [2.05, 4.69) is 6.07 Å². The van der Waals surface area contributed by atoms with E-state index in [0.717, 1.165) is 11.1 Å². The summed E-state index contributed by atoms with van der Waals surface area (Å²) in [4.78, 5) is 42.6. The number of likely N-dealkylation sites (tertiary alicyclic amines) is 1. The minimum absolute atomic E-state index is 0.0848. The Kier molecular flexibility index (Phi) is 4.10. The Morgan fingerprint density at radius 1 is 0.969 bits per heavy atom. The van der Waals surface area contributed by atoms with E-state index < -0.39 is 11.8 Å². The van der Waals surface area contributed by atoms with Crippen LogP contribution in [0.4, 0.5) is 0 Å². The molecule has 4 heterocycles. The van der Waals surface area contributed by atoms with E-state index >= 15 is 0 Å². The van der Waals surface area contributed by atoms with Gasteiger partial charge in [-0.3, -0.25) is 24.2 Å². The van der Waals surface area contributed by atoms with Gasteiger partial charge in [-0.2, -0.15) is 5.26 Å². The van der Waals surface area contributed by atoms with Gasteiger partial charge in [0.25, 0.3) is 0 Å². The van der Waals surface area contributed by atoms with Crippen molar-refractivity contribution >= 4 is 17.6 Å². The Bertz CT molecular complexity index is 1200. The summed E-state index contributed by atoms with van der Waals surface area (Å²) < 4.78 is 10.8. The number of nitriles is 1. The summed E-state index contributed by atoms with van der Waals surface area (Å²) in [5.74, 6) is -0.185. The van der Waals surface area contributed by atoms with Crippen LogP contribution in [-0.2, 0) is 20.9 Å². The number of fused-ring (bicyclic) bond motifs is 4. The largest absolute Gasteiger partial charge is 0.454 e. The highest BCUT2D eigenvalue weighted by molar-refractivity contribution is 6.07. The Morgan fingerprint density at radius 3 is 2.50 bits per heavy atom. The molecular weight excluding hydrogens is 410 g/mol. The number of carbonyl (C=O) groups is 3. The molecule has 160 valence electrons. The molecule has 6 rings (SSSR count). The number of carbonyl (C=O) groups excluding carboxylic acids is 3. The number of Topliss-reactive ketones (excluding diaryl/α,β-unsaturated/α-hetero) is 1. The maximum atomic E-state index is 13.5. The molecule has 4 atom stereocenters. The summed E-state index contributed by atoms with van der Waals surface area (Å²) in [6.07, 6.45) is 0.283. The summed E-state index contributed by atoms with van der Waals surface area (Å²) >= 11 is 0. The monoisotopic (exact) mass is 429 g/mol. The average molecular weight is 429 g/mol. The fourth-order valence-electron chi connectivity index (χ4n) is 5.62. The number of nitrogens with zero attached hydrogens (tertiary/aromatic N) is 3. The SMILES string of the molecule is N#Cc1ccc([C@@H]2[C@@H]3C(=O)N(Cc4ccc5c(c4)OCO5)C(=O)[C@@H]3[C@H]3CC(=O)CN32)cc1. The van der Waals surface area contributed by atoms with Crippen molar-refractivity contribution in [1.29, 1.82) is 5.26 Å². The first kappa shape index (κ1) is 19.0. The van der Waals surface area contributed by atoms with Gasteiger partial charge in [-0.05, 0) is 35.4 Å². The van der Waals surface area contributed by atoms with Gasteiger partial charge in [0.05, 0.1) is 36.6 Å². The van der Waals surface area contributed by atoms with Crippen LogP contribution >= 0.6 is 0 Å². The van der Waals surface area contributed by atoms with Crippen LogP contribution in [0.25, 0.3) is 0 Å². The molecule has 8 heteroatoms. The van der Waals surface area contributed by atoms with Crippen molar-refractivity contribution in [2.24, 2.45) is 11.8 Å². The molecule has 3 fully saturated rings. The Morgan fingerprint density at radius 2 is 1.72 bits per heavy atom. The predicted octanol–water partition coefficient (Wildman–Crippen LogP) is 1.79. The Hall–Kier alpha value is -3.70. The normalized spacial score (nSPS) is 28.2. The van der Waals surface area contributed by atoms with Crippen LogP contribution in [-0.4, -0.2) is 46.8 Å². The summed E-state index contributed by atoms with van der Waals surface area (Å²) in [5.41, 5.74) is 2.16. The van der Waals surface area contributed by atoms with Crippen molar-refractivity contribution in [3.63, 3.8) is 0 Å². The van der Waals surface area contributed by atoms with Gasteiger partial charge in [0.1, 0.15) is 5.78 Å². The Balaban J connectivity index is 1.34. The molecule has 2 amide bonds. The first-order chi connectivity index (χ1) is 15.5. The zero-order valence-electron chi connectivity index (χ0n) is 17.1. The zero-order valence-corrected chi connectivity index (χ0v) is 17.1. The third-order valence-electron chi connectivity index (χ3n) is 6.98. The van der Waals surface area contributed by atoms with Gasteiger partial charge in [-0.25, -0.2) is 0 Å². The van der Waals surface area contributed by atoms with Gasteiger partial charge in [0, 0.05) is 18.5 Å². The predicted molar refractivity (Wildman–Crippen MR) is 109 cm³/mol. The second-order valence-corrected chi connectivity index (χ2v) is 8.66. The standard InChI is InChI=1S/C24H19N3O5/c25-9-13-1-4-15(5-2-13)22-21-20(17-8-16(28)11-26(17)22)23(29)27(24(21)30)10-14-3-6-18-19(7-14)32-12-31-18/h1-7,17,20-22H,8,10-12H2/t17-,20-,21-,22-/m1/s1. The number of hydrogen-bond acceptors (Lipinski definition) is 7. The lowest BCUT2D eigenvalue weighted by molar-refractivity contribution is -0.142. The molecule has 3 saturated heterocycles. The zero-order chi connectivity index (χ0) is 22.0. The summed E-state index contributed by atoms with van der Waals surface area (Å²) in [7, 11) is 0. The molecule has 32 heavy (non-hydrogen) atoms. The van der Waals surface area contributed by atoms with Crippen molar-refractivity contribution < 1.29 is 23.9 Å². The third kappa shape index (κ3) is 2.68. The van der Waals surface area contributed by atoms with Crippen molar-refractivity contribution in [3.8, 4) is 17.6 Å². The number of ether oxygens (including phenoxy) is 2. The summed E-state index contributed by atoms with van der Waals surface area (Å²) in [5, 5.41) is 9.11. The molecule has 0 spiro atoms. The molecular formula is C24H19N3O5. The molecule has 2 aromatic rings. The molecule has 0 N–H and O–H groups in total. The van der Waals surface area contributed by atoms with Crippen molar-refractivity contribution in [3.05, 3.63) is 59.2 Å². The van der Waals surface area contributed by atoms with E-state index in [-0.39, 0.29) is 56.0 Å². The van der Waals surface area contributed by atoms with Gasteiger partial charge in [-0.15, -0.1) is 0 Å². The third-order valence-corrected chi connectivity index (χ3v) is 6.98. The van der Waals surface area contributed by atoms with Crippen LogP contribution in [0, 0.1) is 23.2 Å². The first-order valence-electron chi connectivity index (χ1n) is 10.6. The van der Waals surface area contributed by atoms with E-state index in [0.29, 0.717) is 17.1 Å². The molecule has 2 aromatic carbocycles. The van der Waals surface area contributed by atoms with Gasteiger partial charge in [0.15, 0.2) is 11.5 Å². The highest BCUT2D eigenvalue weighted by atomic mass is 16.7. The number of ketones is 1. The van der Waals surface area contributed by atoms with Crippen molar-refractivity contribution in [1.82, 2.24) is 9.80 Å². The Labute approximate surface area is 183 Å². The number of amides is 2. The number of rotatable bonds is 3. The molecule has 0 bridgehead atoms. The maximum absolute atomic E-state index is 13.5. The lowest BCUT2D eigenvalue weighted by atomic mass is 9.85. The van der Waals surface area contributed by atoms with Gasteiger partial charge in [-0.1, -0.05) is 18.2 Å². The summed E-state index contributed by atoms with van der Waals surface area (Å²) in [6, 6.07) is 13.9. The van der Waals surface area contributed by atoms with Crippen LogP contribution in [0.1, 0.15) is 29.2 Å². The fraction of sp³-hybridized carbons (Fsp3) is 0.333. The van der Waals surface area contributed by atoms with Gasteiger partial charge >= 0.3 is 0 Å². The molecule has 0 aromatic heterocycles. The summed E-state index contributed by atoms with van der Waals surface area (Å²) in [6.45, 7) is 0.551. The highest BCUT2D eigenvalue weighted by Gasteiger charge is 2.64. The van der Waals surface area contributed by atoms with E-state index in [1.165, 1.54) is 4.90 Å². The maximum Gasteiger partial charge on any atom is 0.235 e. The van der Waals surface area contributed by atoms with Crippen LogP contribution < -0.4 is 9.47 Å². The molecule has 0 saturated carbocycles. The number of benzene rings is 2. The van der Waals surface area contributed by atoms with E-state index in [9.17, 15) is 14.4 Å². The topological polar surface area (TPSA) is 99.9 Å². The van der Waals surface area contributed by atoms with E-state index in [1.54, 1.807) is 24.3 Å². The van der Waals surface area contributed by atoms with Crippen LogP contribution in [0.3, 0.4) is 0 Å². The van der Waals surface area contributed by atoms with Gasteiger partial charge < -0.3 is 9.47 Å². The number of hydrogen-bond donors (Lipinski definition) is 0. The average Bonchev–Trinajstić information content (AvgIpc) is 3.53. The van der Waals surface area contributed by atoms with Crippen molar-refractivity contribution in [2.45, 2.75) is 25.0 Å². The smallest absolute Gasteiger partial charge is 0.235 e. The lowest BCUT2D eigenvalue weighted by Crippen LogP contribution is -2.38. The molecule has 0 radical (unpaired) electrons. The quantitative estimate of drug-likeness (QED) is 0.686. The number of imide groups is 1. The van der Waals surface area contributed by atoms with Crippen LogP contribution in [0.2, 0.25) is 0 Å². The van der Waals surface area contributed by atoms with Crippen LogP contribution in [0.5, 0.6) is 11.5 Å². The van der Waals surface area contributed by atoms with E-state index in [1.807, 2.05) is 23.1 Å². The van der Waals surface area contributed by atoms with Crippen LogP contribution in [0.15, 0.2) is 42.5 Å². The first-order valence-corrected chi connectivity index (χ1v) is 10.6. The van der Waals surface area contributed by atoms with Crippen molar-refractivity contribution in [2.75, 3.05) is 13.3 Å². The second kappa shape index (κ2) is 6.90. The molecule has 0 aliphatic carbocycles. The molecule has 4 aliphatic heterocycles.